The summed E-state index contributed by atoms with van der Waals surface area (Å²) in [6.07, 6.45) is 5.92. The maximum Gasteiger partial charge on any atom is 0.0410 e. The second kappa shape index (κ2) is 8.11. The molecule has 1 heterocycles. The predicted octanol–water partition coefficient (Wildman–Crippen LogP) is 3.49. The van der Waals surface area contributed by atoms with E-state index in [-0.39, 0.29) is 5.54 Å². The fraction of sp³-hybridized carbons (Fsp3) is 0.688. The molecule has 1 rings (SSSR count). The Morgan fingerprint density at radius 2 is 1.95 bits per heavy atom. The number of aromatic nitrogens is 1. The van der Waals surface area contributed by atoms with E-state index in [9.17, 15) is 0 Å². The van der Waals surface area contributed by atoms with Crippen LogP contribution >= 0.6 is 15.9 Å². The molecule has 0 amide bonds. The van der Waals surface area contributed by atoms with Crippen molar-refractivity contribution in [3.63, 3.8) is 0 Å². The lowest BCUT2D eigenvalue weighted by Crippen LogP contribution is -2.59. The van der Waals surface area contributed by atoms with Crippen molar-refractivity contribution in [1.82, 2.24) is 15.2 Å². The quantitative estimate of drug-likeness (QED) is 0.784. The van der Waals surface area contributed by atoms with Crippen LogP contribution in [0.4, 0.5) is 0 Å². The van der Waals surface area contributed by atoms with E-state index >= 15 is 0 Å². The monoisotopic (exact) mass is 341 g/mol. The third kappa shape index (κ3) is 4.03. The molecule has 0 bridgehead atoms. The number of halogens is 1. The maximum absolute atomic E-state index is 4.28. The summed E-state index contributed by atoms with van der Waals surface area (Å²) < 4.78 is 1.05. The van der Waals surface area contributed by atoms with Gasteiger partial charge < -0.3 is 5.32 Å². The first kappa shape index (κ1) is 17.6. The summed E-state index contributed by atoms with van der Waals surface area (Å²) in [6, 6.07) is 2.57. The average Bonchev–Trinajstić information content (AvgIpc) is 2.45. The van der Waals surface area contributed by atoms with Crippen LogP contribution in [-0.2, 0) is 6.42 Å². The van der Waals surface area contributed by atoms with E-state index in [0.29, 0.717) is 6.04 Å². The third-order valence-electron chi connectivity index (χ3n) is 4.50. The van der Waals surface area contributed by atoms with Crippen LogP contribution in [0.5, 0.6) is 0 Å². The second-order valence-electron chi connectivity index (χ2n) is 5.44. The second-order valence-corrected chi connectivity index (χ2v) is 6.36. The van der Waals surface area contributed by atoms with Crippen LogP contribution in [0.25, 0.3) is 0 Å². The first-order chi connectivity index (χ1) is 9.51. The van der Waals surface area contributed by atoms with Crippen LogP contribution in [0.1, 0.15) is 39.7 Å². The zero-order valence-corrected chi connectivity index (χ0v) is 15.0. The van der Waals surface area contributed by atoms with Gasteiger partial charge in [-0.05, 0) is 67.5 Å². The standard InChI is InChI=1S/C16H28BrN3/c1-6-16(4,20(7-2)8-3)15(18-5)10-13-9-14(17)12-19-11-13/h9,11-12,15,18H,6-8,10H2,1-5H3. The van der Waals surface area contributed by atoms with Crippen molar-refractivity contribution >= 4 is 15.9 Å². The molecule has 0 radical (unpaired) electrons. The van der Waals surface area contributed by atoms with Gasteiger partial charge in [0.2, 0.25) is 0 Å². The average molecular weight is 342 g/mol. The Bertz CT molecular complexity index is 406. The van der Waals surface area contributed by atoms with Crippen LogP contribution in [0.15, 0.2) is 22.9 Å². The summed E-state index contributed by atoms with van der Waals surface area (Å²) in [7, 11) is 2.06. The zero-order chi connectivity index (χ0) is 15.2. The van der Waals surface area contributed by atoms with Gasteiger partial charge in [0.15, 0.2) is 0 Å². The van der Waals surface area contributed by atoms with E-state index in [1.54, 1.807) is 0 Å². The normalized spacial score (nSPS) is 16.1. The SMILES string of the molecule is CCN(CC)C(C)(CC)C(Cc1cncc(Br)c1)NC. The van der Waals surface area contributed by atoms with E-state index in [1.165, 1.54) is 5.56 Å². The maximum atomic E-state index is 4.28. The van der Waals surface area contributed by atoms with Crippen LogP contribution in [-0.4, -0.2) is 41.6 Å². The zero-order valence-electron chi connectivity index (χ0n) is 13.4. The Morgan fingerprint density at radius 3 is 2.40 bits per heavy atom. The molecule has 2 unspecified atom stereocenters. The molecule has 0 aliphatic rings. The number of nitrogens with one attached hydrogen (secondary N) is 1. The summed E-state index contributed by atoms with van der Waals surface area (Å²) in [5.74, 6) is 0. The molecule has 0 saturated heterocycles. The van der Waals surface area contributed by atoms with Gasteiger partial charge in [0.05, 0.1) is 0 Å². The molecule has 1 aromatic rings. The van der Waals surface area contributed by atoms with Crippen molar-refractivity contribution in [2.45, 2.75) is 52.1 Å². The highest BCUT2D eigenvalue weighted by Crippen LogP contribution is 2.26. The van der Waals surface area contributed by atoms with Gasteiger partial charge in [-0.15, -0.1) is 0 Å². The van der Waals surface area contributed by atoms with Crippen molar-refractivity contribution < 1.29 is 0 Å². The minimum absolute atomic E-state index is 0.153. The molecule has 4 heteroatoms. The number of rotatable bonds is 8. The van der Waals surface area contributed by atoms with E-state index in [4.69, 9.17) is 0 Å². The summed E-state index contributed by atoms with van der Waals surface area (Å²) in [5.41, 5.74) is 1.42. The highest BCUT2D eigenvalue weighted by Gasteiger charge is 2.36. The Labute approximate surface area is 132 Å². The first-order valence-electron chi connectivity index (χ1n) is 7.53. The Kier molecular flexibility index (Phi) is 7.13. The van der Waals surface area contributed by atoms with Crippen molar-refractivity contribution in [3.05, 3.63) is 28.5 Å². The number of nitrogens with zero attached hydrogens (tertiary/aromatic N) is 2. The molecule has 0 aliphatic heterocycles. The topological polar surface area (TPSA) is 28.2 Å². The van der Waals surface area contributed by atoms with Gasteiger partial charge >= 0.3 is 0 Å². The van der Waals surface area contributed by atoms with Gasteiger partial charge in [-0.25, -0.2) is 0 Å². The van der Waals surface area contributed by atoms with Crippen LogP contribution in [0.2, 0.25) is 0 Å². The van der Waals surface area contributed by atoms with E-state index in [2.05, 4.69) is 71.9 Å². The molecule has 20 heavy (non-hydrogen) atoms. The van der Waals surface area contributed by atoms with Crippen LogP contribution in [0, 0.1) is 0 Å². The fourth-order valence-corrected chi connectivity index (χ4v) is 3.48. The number of hydrogen-bond donors (Lipinski definition) is 1. The lowest BCUT2D eigenvalue weighted by molar-refractivity contribution is 0.0730. The third-order valence-corrected chi connectivity index (χ3v) is 4.94. The van der Waals surface area contributed by atoms with E-state index < -0.39 is 0 Å². The van der Waals surface area contributed by atoms with Gasteiger partial charge in [0.25, 0.3) is 0 Å². The molecule has 0 saturated carbocycles. The van der Waals surface area contributed by atoms with Gasteiger partial charge in [-0.3, -0.25) is 9.88 Å². The smallest absolute Gasteiger partial charge is 0.0410 e. The highest BCUT2D eigenvalue weighted by atomic mass is 79.9. The predicted molar refractivity (Wildman–Crippen MR) is 90.1 cm³/mol. The highest BCUT2D eigenvalue weighted by molar-refractivity contribution is 9.10. The van der Waals surface area contributed by atoms with Crippen molar-refractivity contribution in [2.24, 2.45) is 0 Å². The largest absolute Gasteiger partial charge is 0.315 e. The molecule has 114 valence electrons. The number of hydrogen-bond acceptors (Lipinski definition) is 3. The fourth-order valence-electron chi connectivity index (χ4n) is 3.07. The Balaban J connectivity index is 2.97. The summed E-state index contributed by atoms with van der Waals surface area (Å²) in [5, 5.41) is 3.53. The number of likely N-dealkylation sites (N-methyl/N-ethyl adjacent to an activating group) is 2. The Morgan fingerprint density at radius 1 is 1.30 bits per heavy atom. The molecule has 2 atom stereocenters. The van der Waals surface area contributed by atoms with Crippen LogP contribution < -0.4 is 5.32 Å². The van der Waals surface area contributed by atoms with Gasteiger partial charge in [0.1, 0.15) is 0 Å². The van der Waals surface area contributed by atoms with Crippen molar-refractivity contribution in [3.8, 4) is 0 Å². The molecule has 3 nitrogen and oxygen atoms in total. The minimum atomic E-state index is 0.153. The minimum Gasteiger partial charge on any atom is -0.315 e. The first-order valence-corrected chi connectivity index (χ1v) is 8.32. The van der Waals surface area contributed by atoms with Gasteiger partial charge in [0, 0.05) is 28.4 Å². The molecule has 1 N–H and O–H groups in total. The molecule has 0 spiro atoms. The molecular weight excluding hydrogens is 314 g/mol. The number of pyridine rings is 1. The summed E-state index contributed by atoms with van der Waals surface area (Å²) in [6.45, 7) is 11.3. The van der Waals surface area contributed by atoms with E-state index in [1.807, 2.05) is 12.4 Å². The summed E-state index contributed by atoms with van der Waals surface area (Å²) in [4.78, 5) is 6.83. The van der Waals surface area contributed by atoms with Crippen molar-refractivity contribution in [2.75, 3.05) is 20.1 Å². The lowest BCUT2D eigenvalue weighted by Gasteiger charge is -2.46. The molecule has 0 aromatic carbocycles. The molecular formula is C16H28BrN3. The summed E-state index contributed by atoms with van der Waals surface area (Å²) >= 11 is 3.50. The van der Waals surface area contributed by atoms with Crippen molar-refractivity contribution in [1.29, 1.82) is 0 Å². The molecule has 0 aliphatic carbocycles. The van der Waals surface area contributed by atoms with Crippen LogP contribution in [0.3, 0.4) is 0 Å². The van der Waals surface area contributed by atoms with Gasteiger partial charge in [-0.1, -0.05) is 20.8 Å². The Hall–Kier alpha value is -0.450. The van der Waals surface area contributed by atoms with E-state index in [0.717, 1.165) is 30.4 Å². The molecule has 1 aromatic heterocycles. The lowest BCUT2D eigenvalue weighted by atomic mass is 9.83. The van der Waals surface area contributed by atoms with Gasteiger partial charge in [-0.2, -0.15) is 0 Å². The molecule has 0 fully saturated rings.